The van der Waals surface area contributed by atoms with E-state index in [-0.39, 0.29) is 64.9 Å². The summed E-state index contributed by atoms with van der Waals surface area (Å²) in [5, 5.41) is 0. The maximum atomic E-state index is 10.4. The fraction of sp³-hybridized carbons (Fsp3) is 1.00. The van der Waals surface area contributed by atoms with Crippen LogP contribution in [0, 0.1) is 0 Å². The second kappa shape index (κ2) is 26.1. The molecule has 0 atom stereocenters. The van der Waals surface area contributed by atoms with Crippen LogP contribution in [0.3, 0.4) is 0 Å². The summed E-state index contributed by atoms with van der Waals surface area (Å²) >= 11 is 0. The van der Waals surface area contributed by atoms with E-state index in [1.807, 2.05) is 0 Å². The molecule has 0 amide bonds. The average molecular weight is 475 g/mol. The third-order valence-electron chi connectivity index (χ3n) is 4.25. The Labute approximate surface area is 224 Å². The smallest absolute Gasteiger partial charge is 0.748 e. The standard InChI is InChI=1S/C18H38O3S.CH4O3S.2Na/c1-2-3-4-5-6-7-8-9-10-11-12-13-14-15-16-17-18-22(19,20)21;1-5(2,3)4;;/h2-18H2,1H3,(H,19,20,21);1H3,(H,2,3,4);;/q;;2*+1/p-2. The minimum atomic E-state index is -3.99. The van der Waals surface area contributed by atoms with Crippen LogP contribution in [0.4, 0.5) is 0 Å². The molecule has 0 aliphatic rings. The van der Waals surface area contributed by atoms with Gasteiger partial charge in [0.2, 0.25) is 0 Å². The third-order valence-corrected chi connectivity index (χ3v) is 5.04. The first-order chi connectivity index (χ1) is 12.6. The van der Waals surface area contributed by atoms with E-state index in [2.05, 4.69) is 6.92 Å². The second-order valence-corrected chi connectivity index (χ2v) is 10.2. The van der Waals surface area contributed by atoms with Crippen molar-refractivity contribution < 1.29 is 85.1 Å². The average Bonchev–Trinajstić information content (AvgIpc) is 2.52. The van der Waals surface area contributed by atoms with Crippen molar-refractivity contribution in [2.24, 2.45) is 0 Å². The minimum Gasteiger partial charge on any atom is -0.748 e. The van der Waals surface area contributed by atoms with Crippen molar-refractivity contribution in [2.45, 2.75) is 110 Å². The number of hydrogen-bond donors (Lipinski definition) is 0. The van der Waals surface area contributed by atoms with Crippen molar-refractivity contribution in [1.82, 2.24) is 0 Å². The van der Waals surface area contributed by atoms with Crippen LogP contribution in [0.2, 0.25) is 0 Å². The maximum Gasteiger partial charge on any atom is 1.00 e. The van der Waals surface area contributed by atoms with Crippen molar-refractivity contribution in [3.8, 4) is 0 Å². The van der Waals surface area contributed by atoms with Crippen LogP contribution < -0.4 is 59.1 Å². The van der Waals surface area contributed by atoms with Crippen LogP contribution in [0.15, 0.2) is 0 Å². The van der Waals surface area contributed by atoms with Crippen LogP contribution in [-0.4, -0.2) is 37.9 Å². The van der Waals surface area contributed by atoms with E-state index in [1.54, 1.807) is 0 Å². The van der Waals surface area contributed by atoms with E-state index in [0.717, 1.165) is 12.8 Å². The van der Waals surface area contributed by atoms with Gasteiger partial charge in [-0.1, -0.05) is 103 Å². The molecule has 0 heterocycles. The molecular formula is C19H40Na2O6S2. The van der Waals surface area contributed by atoms with Gasteiger partial charge in [0, 0.05) is 12.0 Å². The zero-order chi connectivity index (χ0) is 21.0. The Balaban J connectivity index is -0.000000396. The first-order valence-electron chi connectivity index (χ1n) is 10.4. The van der Waals surface area contributed by atoms with Crippen LogP contribution >= 0.6 is 0 Å². The molecule has 29 heavy (non-hydrogen) atoms. The molecule has 0 aromatic carbocycles. The molecule has 0 unspecified atom stereocenters. The van der Waals surface area contributed by atoms with Crippen LogP contribution in [0.1, 0.15) is 110 Å². The predicted molar refractivity (Wildman–Crippen MR) is 110 cm³/mol. The summed E-state index contributed by atoms with van der Waals surface area (Å²) in [6, 6.07) is 0. The molecule has 0 fully saturated rings. The molecule has 0 aliphatic heterocycles. The van der Waals surface area contributed by atoms with E-state index >= 15 is 0 Å². The summed E-state index contributed by atoms with van der Waals surface area (Å²) in [7, 11) is -7.91. The van der Waals surface area contributed by atoms with Gasteiger partial charge in [-0.3, -0.25) is 0 Å². The fourth-order valence-electron chi connectivity index (χ4n) is 2.83. The van der Waals surface area contributed by atoms with Crippen LogP contribution in [-0.2, 0) is 20.2 Å². The summed E-state index contributed by atoms with van der Waals surface area (Å²) in [6.45, 7) is 2.26. The molecule has 10 heteroatoms. The molecule has 0 bridgehead atoms. The molecule has 0 aromatic rings. The quantitative estimate of drug-likeness (QED) is 0.151. The van der Waals surface area contributed by atoms with Gasteiger partial charge >= 0.3 is 59.1 Å². The Morgan fingerprint density at radius 1 is 0.517 bits per heavy atom. The Kier molecular flexibility index (Phi) is 34.3. The van der Waals surface area contributed by atoms with Crippen molar-refractivity contribution in [3.63, 3.8) is 0 Å². The summed E-state index contributed by atoms with van der Waals surface area (Å²) in [5.41, 5.74) is 0. The predicted octanol–water partition coefficient (Wildman–Crippen LogP) is -1.04. The van der Waals surface area contributed by atoms with Gasteiger partial charge in [0.1, 0.15) is 0 Å². The SMILES string of the molecule is CCCCCCCCCCCCCCCCCCS(=O)(=O)[O-].CS(=O)(=O)[O-].[Na+].[Na+]. The molecule has 0 spiro atoms. The first-order valence-corrected chi connectivity index (χ1v) is 13.8. The zero-order valence-electron chi connectivity index (χ0n) is 19.3. The van der Waals surface area contributed by atoms with Gasteiger partial charge in [-0.15, -0.1) is 0 Å². The van der Waals surface area contributed by atoms with Crippen molar-refractivity contribution in [3.05, 3.63) is 0 Å². The molecule has 0 N–H and O–H groups in total. The summed E-state index contributed by atoms with van der Waals surface area (Å²) in [5.74, 6) is -0.189. The van der Waals surface area contributed by atoms with Crippen LogP contribution in [0.5, 0.6) is 0 Å². The molecule has 0 aromatic heterocycles. The molecule has 0 aliphatic carbocycles. The fourth-order valence-corrected chi connectivity index (χ4v) is 3.38. The maximum absolute atomic E-state index is 10.4. The number of rotatable bonds is 17. The topological polar surface area (TPSA) is 114 Å². The largest absolute Gasteiger partial charge is 1.00 e. The zero-order valence-corrected chi connectivity index (χ0v) is 24.9. The van der Waals surface area contributed by atoms with Gasteiger partial charge in [0.25, 0.3) is 0 Å². The van der Waals surface area contributed by atoms with E-state index in [9.17, 15) is 13.0 Å². The van der Waals surface area contributed by atoms with E-state index in [4.69, 9.17) is 13.0 Å². The monoisotopic (exact) mass is 474 g/mol. The van der Waals surface area contributed by atoms with Gasteiger partial charge in [-0.05, 0) is 6.42 Å². The van der Waals surface area contributed by atoms with E-state index in [0.29, 0.717) is 12.7 Å². The minimum absolute atomic E-state index is 0. The van der Waals surface area contributed by atoms with Gasteiger partial charge < -0.3 is 9.11 Å². The van der Waals surface area contributed by atoms with Crippen molar-refractivity contribution in [1.29, 1.82) is 0 Å². The second-order valence-electron chi connectivity index (χ2n) is 7.27. The molecular weight excluding hydrogens is 434 g/mol. The third kappa shape index (κ3) is 53.2. The Morgan fingerprint density at radius 3 is 0.931 bits per heavy atom. The van der Waals surface area contributed by atoms with Crippen LogP contribution in [0.25, 0.3) is 0 Å². The number of unbranched alkanes of at least 4 members (excludes halogenated alkanes) is 15. The van der Waals surface area contributed by atoms with E-state index in [1.165, 1.54) is 83.5 Å². The molecule has 0 rings (SSSR count). The Bertz CT molecular complexity index is 503. The molecule has 6 nitrogen and oxygen atoms in total. The molecule has 166 valence electrons. The molecule has 0 saturated carbocycles. The summed E-state index contributed by atoms with van der Waals surface area (Å²) in [4.78, 5) is 0. The van der Waals surface area contributed by atoms with Gasteiger partial charge in [0.15, 0.2) is 0 Å². The number of hydrogen-bond acceptors (Lipinski definition) is 6. The Hall–Kier alpha value is 1.82. The summed E-state index contributed by atoms with van der Waals surface area (Å²) < 4.78 is 58.5. The van der Waals surface area contributed by atoms with Gasteiger partial charge in [0.05, 0.1) is 20.2 Å². The van der Waals surface area contributed by atoms with E-state index < -0.39 is 20.2 Å². The normalized spacial score (nSPS) is 11.0. The van der Waals surface area contributed by atoms with Gasteiger partial charge in [-0.2, -0.15) is 0 Å². The van der Waals surface area contributed by atoms with Crippen molar-refractivity contribution in [2.75, 3.05) is 12.0 Å². The van der Waals surface area contributed by atoms with Gasteiger partial charge in [-0.25, -0.2) is 16.8 Å². The van der Waals surface area contributed by atoms with Crippen molar-refractivity contribution >= 4 is 20.2 Å². The first kappa shape index (κ1) is 38.1. The molecule has 0 saturated heterocycles. The molecule has 0 radical (unpaired) electrons. The Morgan fingerprint density at radius 2 is 0.724 bits per heavy atom. The summed E-state index contributed by atoms with van der Waals surface area (Å²) in [6.07, 6.45) is 20.7.